The van der Waals surface area contributed by atoms with Crippen molar-refractivity contribution in [1.29, 1.82) is 5.41 Å². The molecule has 37 heavy (non-hydrogen) atoms. The second-order valence-corrected chi connectivity index (χ2v) is 9.97. The first-order valence-electron chi connectivity index (χ1n) is 12.3. The summed E-state index contributed by atoms with van der Waals surface area (Å²) in [5.74, 6) is -0.137. The van der Waals surface area contributed by atoms with Crippen LogP contribution in [0.3, 0.4) is 0 Å². The van der Waals surface area contributed by atoms with Gasteiger partial charge in [-0.05, 0) is 43.2 Å². The summed E-state index contributed by atoms with van der Waals surface area (Å²) < 4.78 is 7.92. The molecule has 5 N–H and O–H groups in total. The number of hydrogen-bond donors (Lipinski definition) is 3. The van der Waals surface area contributed by atoms with Crippen LogP contribution in [-0.2, 0) is 15.1 Å². The first-order valence-corrected chi connectivity index (χ1v) is 12.3. The summed E-state index contributed by atoms with van der Waals surface area (Å²) in [6.07, 6.45) is 3.96. The highest BCUT2D eigenvalue weighted by molar-refractivity contribution is 6.38. The van der Waals surface area contributed by atoms with Crippen LogP contribution in [0.4, 0.5) is 5.69 Å². The van der Waals surface area contributed by atoms with Crippen LogP contribution in [0.25, 0.3) is 5.65 Å². The average molecular weight is 505 g/mol. The van der Waals surface area contributed by atoms with E-state index in [1.54, 1.807) is 0 Å². The van der Waals surface area contributed by atoms with Crippen LogP contribution >= 0.6 is 0 Å². The van der Waals surface area contributed by atoms with Crippen molar-refractivity contribution >= 4 is 28.9 Å². The highest BCUT2D eigenvalue weighted by atomic mass is 16.5. The molecule has 1 aliphatic carbocycles. The third-order valence-electron chi connectivity index (χ3n) is 7.32. The van der Waals surface area contributed by atoms with E-state index < -0.39 is 17.3 Å². The van der Waals surface area contributed by atoms with Crippen LogP contribution in [0.15, 0.2) is 53.7 Å². The Balaban J connectivity index is 0.000000404. The molecule has 1 saturated carbocycles. The number of rotatable bonds is 3. The monoisotopic (exact) mass is 504 g/mol. The molecule has 4 fully saturated rings. The van der Waals surface area contributed by atoms with Crippen molar-refractivity contribution in [2.24, 2.45) is 34.2 Å². The molecule has 7 rings (SSSR count). The van der Waals surface area contributed by atoms with Crippen molar-refractivity contribution in [1.82, 2.24) is 14.6 Å². The van der Waals surface area contributed by atoms with E-state index in [0.717, 1.165) is 36.4 Å². The zero-order chi connectivity index (χ0) is 25.4. The smallest absolute Gasteiger partial charge is 0.285 e. The van der Waals surface area contributed by atoms with Gasteiger partial charge in [0.15, 0.2) is 11.5 Å². The van der Waals surface area contributed by atoms with E-state index in [9.17, 15) is 4.79 Å². The highest BCUT2D eigenvalue weighted by Gasteiger charge is 2.65. The van der Waals surface area contributed by atoms with Gasteiger partial charge in [0.05, 0.1) is 24.4 Å². The number of carbonyl (C=O) groups is 1. The number of amidine groups is 2. The number of ether oxygens (including phenoxy) is 1. The van der Waals surface area contributed by atoms with E-state index in [1.807, 2.05) is 54.0 Å². The van der Waals surface area contributed by atoms with E-state index in [1.165, 1.54) is 6.42 Å². The number of nitrogens with two attached hydrogens (primary N) is 2. The van der Waals surface area contributed by atoms with Crippen molar-refractivity contribution in [3.8, 4) is 0 Å². The maximum Gasteiger partial charge on any atom is 0.285 e. The lowest BCUT2D eigenvalue weighted by Gasteiger charge is -2.42. The molecule has 4 atom stereocenters. The van der Waals surface area contributed by atoms with Crippen LogP contribution < -0.4 is 16.4 Å². The summed E-state index contributed by atoms with van der Waals surface area (Å²) in [6.45, 7) is 6.92. The lowest BCUT2D eigenvalue weighted by molar-refractivity contribution is -0.112. The van der Waals surface area contributed by atoms with E-state index >= 15 is 0 Å². The Kier molecular flexibility index (Phi) is 7.31. The molecule has 1 amide bonds. The van der Waals surface area contributed by atoms with Gasteiger partial charge in [-0.2, -0.15) is 0 Å². The van der Waals surface area contributed by atoms with Gasteiger partial charge in [0, 0.05) is 13.1 Å². The van der Waals surface area contributed by atoms with Gasteiger partial charge in [0.25, 0.3) is 5.91 Å². The molecule has 5 heterocycles. The largest absolute Gasteiger partial charge is 0.387 e. The number of pyridine rings is 1. The molecule has 3 aromatic rings. The Hall–Kier alpha value is -3.79. The summed E-state index contributed by atoms with van der Waals surface area (Å²) in [5, 5.41) is 12.4. The molecule has 0 spiro atoms. The second kappa shape index (κ2) is 10.3. The van der Waals surface area contributed by atoms with Gasteiger partial charge in [-0.3, -0.25) is 10.2 Å². The summed E-state index contributed by atoms with van der Waals surface area (Å²) >= 11 is 0. The molecule has 4 aliphatic rings. The Bertz CT molecular complexity index is 1290. The normalized spacial score (nSPS) is 26.2. The lowest BCUT2D eigenvalue weighted by atomic mass is 9.63. The predicted molar refractivity (Wildman–Crippen MR) is 145 cm³/mol. The van der Waals surface area contributed by atoms with Crippen molar-refractivity contribution < 1.29 is 9.53 Å². The Morgan fingerprint density at radius 1 is 1.22 bits per heavy atom. The molecule has 4 unspecified atom stereocenters. The first kappa shape index (κ1) is 26.3. The third-order valence-corrected chi connectivity index (χ3v) is 7.32. The number of nitrogens with one attached hydrogen (secondary N) is 1. The molecule has 10 heteroatoms. The summed E-state index contributed by atoms with van der Waals surface area (Å²) in [4.78, 5) is 22.3. The van der Waals surface area contributed by atoms with Gasteiger partial charge in [0.1, 0.15) is 11.4 Å². The number of aromatic nitrogens is 3. The molecular weight excluding hydrogens is 468 g/mol. The maximum absolute atomic E-state index is 11.2. The van der Waals surface area contributed by atoms with Gasteiger partial charge in [-0.1, -0.05) is 50.7 Å². The van der Waals surface area contributed by atoms with Gasteiger partial charge in [0.2, 0.25) is 5.84 Å². The zero-order valence-corrected chi connectivity index (χ0v) is 20.6. The zero-order valence-electron chi connectivity index (χ0n) is 20.6. The lowest BCUT2D eigenvalue weighted by Crippen LogP contribution is -2.52. The number of primary amides is 1. The first-order chi connectivity index (χ1) is 17.3. The van der Waals surface area contributed by atoms with E-state index in [4.69, 9.17) is 31.7 Å². The fraction of sp³-hybridized carbons (Fsp3) is 0.444. The average Bonchev–Trinajstić information content (AvgIpc) is 3.63. The molecule has 3 saturated heterocycles. The Labute approximate surface area is 217 Å². The van der Waals surface area contributed by atoms with Crippen molar-refractivity contribution in [3.63, 3.8) is 0 Å². The number of anilines is 1. The molecule has 0 radical (unpaired) electrons. The van der Waals surface area contributed by atoms with Crippen molar-refractivity contribution in [2.45, 2.75) is 39.7 Å². The Morgan fingerprint density at radius 3 is 2.46 bits per heavy atom. The van der Waals surface area contributed by atoms with Crippen molar-refractivity contribution in [2.75, 3.05) is 24.6 Å². The quantitative estimate of drug-likeness (QED) is 0.369. The molecule has 3 aliphatic heterocycles. The molecule has 196 valence electrons. The highest BCUT2D eigenvalue weighted by Crippen LogP contribution is 2.59. The maximum atomic E-state index is 11.2. The fourth-order valence-corrected chi connectivity index (χ4v) is 5.48. The van der Waals surface area contributed by atoms with E-state index in [-0.39, 0.29) is 25.1 Å². The number of aliphatic imine (C=N–C) groups is 1. The second-order valence-electron chi connectivity index (χ2n) is 9.97. The van der Waals surface area contributed by atoms with Gasteiger partial charge < -0.3 is 21.1 Å². The number of amides is 1. The van der Waals surface area contributed by atoms with E-state index in [0.29, 0.717) is 18.3 Å². The SMILES string of the molecule is C.Cc1cc(N2CCC(C)C2)cn2nc(C34CC(CO3)C4C(N)=NC(=N)C(N)=O)nc12.c1ccccc1. The minimum atomic E-state index is -0.912. The Morgan fingerprint density at radius 2 is 1.89 bits per heavy atom. The molecule has 2 bridgehead atoms. The van der Waals surface area contributed by atoms with Crippen LogP contribution in [0.5, 0.6) is 0 Å². The number of nitrogens with zero attached hydrogens (tertiary/aromatic N) is 5. The minimum absolute atomic E-state index is 0. The summed E-state index contributed by atoms with van der Waals surface area (Å²) in [5.41, 5.74) is 13.5. The molecular formula is C27H36N8O2. The van der Waals surface area contributed by atoms with Crippen LogP contribution in [-0.4, -0.2) is 51.9 Å². The van der Waals surface area contributed by atoms with Crippen LogP contribution in [0.2, 0.25) is 0 Å². The number of hydrogen-bond acceptors (Lipinski definition) is 6. The summed E-state index contributed by atoms with van der Waals surface area (Å²) in [7, 11) is 0. The van der Waals surface area contributed by atoms with Gasteiger partial charge >= 0.3 is 0 Å². The van der Waals surface area contributed by atoms with Crippen LogP contribution in [0.1, 0.15) is 38.6 Å². The third kappa shape index (κ3) is 4.81. The van der Waals surface area contributed by atoms with Gasteiger partial charge in [-0.25, -0.2) is 14.5 Å². The van der Waals surface area contributed by atoms with Crippen LogP contribution in [0, 0.1) is 30.1 Å². The number of carbonyl (C=O) groups excluding carboxylic acids is 1. The molecule has 1 aromatic carbocycles. The standard InChI is InChI=1S/C20H26N8O2.C6H6.CH4/c1-10-3-4-27(7-10)13-5-11(2)18-25-19(26-28(18)8-13)20-6-12(9-30-20)14(20)15(21)24-16(22)17(23)29;1-2-4-6-5-3-1;/h5,8,10,12,14H,3-4,6-7,9H2,1-2H3,(H2,23,29)(H3,21,22,24);1-6H;1H4. The van der Waals surface area contributed by atoms with E-state index in [2.05, 4.69) is 22.9 Å². The van der Waals surface area contributed by atoms with Crippen molar-refractivity contribution in [3.05, 3.63) is 60.0 Å². The fourth-order valence-electron chi connectivity index (χ4n) is 5.48. The topological polar surface area (TPSA) is 148 Å². The molecule has 10 nitrogen and oxygen atoms in total. The number of aryl methyl sites for hydroxylation is 1. The number of benzene rings is 1. The minimum Gasteiger partial charge on any atom is -0.387 e. The summed E-state index contributed by atoms with van der Waals surface area (Å²) in [6, 6.07) is 14.2. The predicted octanol–water partition coefficient (Wildman–Crippen LogP) is 2.89. The molecule has 2 aromatic heterocycles. The van der Waals surface area contributed by atoms with Gasteiger partial charge in [-0.15, -0.1) is 5.10 Å². The number of fused-ring (bicyclic) bond motifs is 2.